The van der Waals surface area contributed by atoms with E-state index in [0.29, 0.717) is 4.90 Å². The molecule has 3 rings (SSSR count). The van der Waals surface area contributed by atoms with Crippen LogP contribution in [-0.2, 0) is 16.4 Å². The molecule has 0 N–H and O–H groups in total. The average Bonchev–Trinajstić information content (AvgIpc) is 2.56. The lowest BCUT2D eigenvalue weighted by atomic mass is 9.94. The van der Waals surface area contributed by atoms with Gasteiger partial charge in [-0.1, -0.05) is 30.7 Å². The Kier molecular flexibility index (Phi) is 5.01. The largest absolute Gasteiger partial charge is 0.292 e. The summed E-state index contributed by atoms with van der Waals surface area (Å²) < 4.78 is 36.3. The second kappa shape index (κ2) is 7.03. The van der Waals surface area contributed by atoms with Crippen LogP contribution in [0.3, 0.4) is 0 Å². The minimum absolute atomic E-state index is 0.211. The number of likely N-dealkylation sites (tertiary alicyclic amines) is 1. The molecule has 1 aliphatic rings. The quantitative estimate of drug-likeness (QED) is 0.840. The molecule has 5 heteroatoms. The summed E-state index contributed by atoms with van der Waals surface area (Å²) in [5, 5.41) is 0. The van der Waals surface area contributed by atoms with Gasteiger partial charge in [0, 0.05) is 18.8 Å². The van der Waals surface area contributed by atoms with E-state index in [1.54, 1.807) is 12.1 Å². The van der Waals surface area contributed by atoms with Crippen molar-refractivity contribution in [3.63, 3.8) is 0 Å². The first-order chi connectivity index (χ1) is 11.4. The third-order valence-electron chi connectivity index (χ3n) is 4.61. The summed E-state index contributed by atoms with van der Waals surface area (Å²) in [7, 11) is -3.16. The van der Waals surface area contributed by atoms with E-state index in [1.807, 2.05) is 24.3 Å². The number of hydrogen-bond acceptors (Lipinski definition) is 3. The zero-order valence-corrected chi connectivity index (χ0v) is 14.6. The van der Waals surface area contributed by atoms with Gasteiger partial charge < -0.3 is 0 Å². The van der Waals surface area contributed by atoms with E-state index in [1.165, 1.54) is 24.8 Å². The fourth-order valence-corrected chi connectivity index (χ4v) is 3.95. The molecule has 24 heavy (non-hydrogen) atoms. The van der Waals surface area contributed by atoms with Crippen molar-refractivity contribution in [3.05, 3.63) is 65.5 Å². The van der Waals surface area contributed by atoms with Gasteiger partial charge in [0.1, 0.15) is 5.82 Å². The molecule has 0 unspecified atom stereocenters. The summed E-state index contributed by atoms with van der Waals surface area (Å²) in [6.07, 6.45) is 4.61. The van der Waals surface area contributed by atoms with Crippen LogP contribution in [0.5, 0.6) is 0 Å². The van der Waals surface area contributed by atoms with E-state index in [9.17, 15) is 12.8 Å². The van der Waals surface area contributed by atoms with Crippen molar-refractivity contribution in [3.8, 4) is 0 Å². The molecule has 1 aliphatic heterocycles. The molecular weight excluding hydrogens is 325 g/mol. The summed E-state index contributed by atoms with van der Waals surface area (Å²) in [6.45, 7) is 1.77. The monoisotopic (exact) mass is 347 g/mol. The van der Waals surface area contributed by atoms with Crippen molar-refractivity contribution >= 4 is 9.84 Å². The van der Waals surface area contributed by atoms with E-state index in [-0.39, 0.29) is 11.9 Å². The first-order valence-electron chi connectivity index (χ1n) is 8.22. The molecule has 0 saturated carbocycles. The van der Waals surface area contributed by atoms with Gasteiger partial charge >= 0.3 is 0 Å². The molecule has 0 spiro atoms. The Balaban J connectivity index is 1.77. The highest BCUT2D eigenvalue weighted by molar-refractivity contribution is 7.90. The number of hydrogen-bond donors (Lipinski definition) is 0. The van der Waals surface area contributed by atoms with E-state index in [0.717, 1.165) is 37.1 Å². The molecule has 0 aliphatic carbocycles. The van der Waals surface area contributed by atoms with Gasteiger partial charge in [-0.15, -0.1) is 0 Å². The number of sulfone groups is 1. The van der Waals surface area contributed by atoms with Crippen LogP contribution in [0, 0.1) is 5.82 Å². The molecule has 1 fully saturated rings. The standard InChI is InChI=1S/C19H22FNO2S/c1-24(22,23)18-11-5-15(6-12-18)14-21-13-3-2-4-19(21)16-7-9-17(20)10-8-16/h5-12,19H,2-4,13-14H2,1H3/t19-/m0/s1. The molecule has 128 valence electrons. The Morgan fingerprint density at radius 1 is 1.04 bits per heavy atom. The van der Waals surface area contributed by atoms with E-state index < -0.39 is 9.84 Å². The molecule has 1 saturated heterocycles. The first kappa shape index (κ1) is 17.1. The van der Waals surface area contributed by atoms with Crippen molar-refractivity contribution in [1.29, 1.82) is 0 Å². The van der Waals surface area contributed by atoms with Crippen LogP contribution in [0.1, 0.15) is 36.4 Å². The molecular formula is C19H22FNO2S. The van der Waals surface area contributed by atoms with Crippen LogP contribution < -0.4 is 0 Å². The summed E-state index contributed by atoms with van der Waals surface area (Å²) in [5.41, 5.74) is 2.24. The SMILES string of the molecule is CS(=O)(=O)c1ccc(CN2CCCC[C@H]2c2ccc(F)cc2)cc1. The van der Waals surface area contributed by atoms with Crippen LogP contribution in [0.15, 0.2) is 53.4 Å². The van der Waals surface area contributed by atoms with Gasteiger partial charge in [-0.05, 0) is 54.8 Å². The lowest BCUT2D eigenvalue weighted by molar-refractivity contribution is 0.140. The van der Waals surface area contributed by atoms with Gasteiger partial charge in [0.25, 0.3) is 0 Å². The zero-order chi connectivity index (χ0) is 17.2. The Morgan fingerprint density at radius 2 is 1.71 bits per heavy atom. The summed E-state index contributed by atoms with van der Waals surface area (Å²) in [4.78, 5) is 2.74. The molecule has 0 amide bonds. The molecule has 0 bridgehead atoms. The molecule has 0 aromatic heterocycles. The zero-order valence-electron chi connectivity index (χ0n) is 13.8. The van der Waals surface area contributed by atoms with Crippen molar-refractivity contribution in [2.24, 2.45) is 0 Å². The van der Waals surface area contributed by atoms with Crippen LogP contribution in [0.25, 0.3) is 0 Å². The fraction of sp³-hybridized carbons (Fsp3) is 0.368. The van der Waals surface area contributed by atoms with Crippen molar-refractivity contribution in [2.75, 3.05) is 12.8 Å². The fourth-order valence-electron chi connectivity index (χ4n) is 3.32. The predicted molar refractivity (Wildman–Crippen MR) is 93.0 cm³/mol. The first-order valence-corrected chi connectivity index (χ1v) is 10.1. The third kappa shape index (κ3) is 4.02. The number of halogens is 1. The van der Waals surface area contributed by atoms with Gasteiger partial charge in [-0.25, -0.2) is 12.8 Å². The van der Waals surface area contributed by atoms with Gasteiger partial charge in [0.05, 0.1) is 4.90 Å². The summed E-state index contributed by atoms with van der Waals surface area (Å²) in [6, 6.07) is 14.2. The van der Waals surface area contributed by atoms with E-state index >= 15 is 0 Å². The van der Waals surface area contributed by atoms with Crippen LogP contribution in [-0.4, -0.2) is 26.1 Å². The minimum atomic E-state index is -3.16. The van der Waals surface area contributed by atoms with Crippen molar-refractivity contribution in [1.82, 2.24) is 4.90 Å². The Morgan fingerprint density at radius 3 is 2.33 bits per heavy atom. The van der Waals surface area contributed by atoms with E-state index in [2.05, 4.69) is 4.90 Å². The highest BCUT2D eigenvalue weighted by Crippen LogP contribution is 2.32. The topological polar surface area (TPSA) is 37.4 Å². The maximum absolute atomic E-state index is 13.2. The molecule has 2 aromatic carbocycles. The molecule has 1 atom stereocenters. The average molecular weight is 347 g/mol. The smallest absolute Gasteiger partial charge is 0.175 e. The van der Waals surface area contributed by atoms with E-state index in [4.69, 9.17) is 0 Å². The molecule has 1 heterocycles. The van der Waals surface area contributed by atoms with Gasteiger partial charge in [-0.2, -0.15) is 0 Å². The van der Waals surface area contributed by atoms with Crippen molar-refractivity contribution in [2.45, 2.75) is 36.7 Å². The lowest BCUT2D eigenvalue weighted by Crippen LogP contribution is -2.32. The Labute approximate surface area is 143 Å². The highest BCUT2D eigenvalue weighted by atomic mass is 32.2. The maximum Gasteiger partial charge on any atom is 0.175 e. The molecule has 3 nitrogen and oxygen atoms in total. The summed E-state index contributed by atoms with van der Waals surface area (Å²) in [5.74, 6) is -0.211. The van der Waals surface area contributed by atoms with Crippen LogP contribution in [0.4, 0.5) is 4.39 Å². The lowest BCUT2D eigenvalue weighted by Gasteiger charge is -2.36. The normalized spacial score (nSPS) is 19.3. The number of benzene rings is 2. The predicted octanol–water partition coefficient (Wildman–Crippen LogP) is 3.96. The maximum atomic E-state index is 13.2. The Bertz CT molecular complexity index is 785. The highest BCUT2D eigenvalue weighted by Gasteiger charge is 2.24. The molecule has 2 aromatic rings. The second-order valence-electron chi connectivity index (χ2n) is 6.45. The summed E-state index contributed by atoms with van der Waals surface area (Å²) >= 11 is 0. The van der Waals surface area contributed by atoms with Gasteiger partial charge in [-0.3, -0.25) is 4.90 Å². The molecule has 0 radical (unpaired) electrons. The van der Waals surface area contributed by atoms with Crippen LogP contribution >= 0.6 is 0 Å². The number of piperidine rings is 1. The number of nitrogens with zero attached hydrogens (tertiary/aromatic N) is 1. The number of rotatable bonds is 4. The second-order valence-corrected chi connectivity index (χ2v) is 8.47. The van der Waals surface area contributed by atoms with Gasteiger partial charge in [0.2, 0.25) is 0 Å². The Hall–Kier alpha value is -1.72. The minimum Gasteiger partial charge on any atom is -0.292 e. The van der Waals surface area contributed by atoms with Crippen molar-refractivity contribution < 1.29 is 12.8 Å². The third-order valence-corrected chi connectivity index (χ3v) is 5.73. The van der Waals surface area contributed by atoms with Crippen LogP contribution in [0.2, 0.25) is 0 Å². The van der Waals surface area contributed by atoms with Gasteiger partial charge in [0.15, 0.2) is 9.84 Å².